The second kappa shape index (κ2) is 51.0. The van der Waals surface area contributed by atoms with Crippen LogP contribution in [-0.2, 0) is 19.0 Å². The first-order chi connectivity index (χ1) is 28.2. The molecule has 4 nitrogen and oxygen atoms in total. The van der Waals surface area contributed by atoms with Crippen molar-refractivity contribution in [2.24, 2.45) is 0 Å². The lowest BCUT2D eigenvalue weighted by Gasteiger charge is -2.18. The smallest absolute Gasteiger partial charge is 0.306 e. The summed E-state index contributed by atoms with van der Waals surface area (Å²) in [6.07, 6.45) is 60.6. The zero-order valence-corrected chi connectivity index (χ0v) is 39.1. The molecule has 0 N–H and O–H groups in total. The van der Waals surface area contributed by atoms with Crippen molar-refractivity contribution in [1.29, 1.82) is 0 Å². The van der Waals surface area contributed by atoms with E-state index in [0.717, 1.165) is 51.7 Å². The van der Waals surface area contributed by atoms with Gasteiger partial charge in [-0.1, -0.05) is 244 Å². The standard InChI is InChI=1S/C53H102O4/c1-4-7-10-13-16-19-22-25-28-29-32-35-38-41-44-47-53(54)57-52(50-55-48-45-42-39-36-33-30-26-23-20-17-14-11-8-5-2)51-56-49-46-43-40-37-34-31-27-24-21-18-15-12-9-6-3/h16,19,25,28,52H,4-15,17-18,20-24,26-27,29-51H2,1-3H3/b19-16-,28-25-. The highest BCUT2D eigenvalue weighted by Gasteiger charge is 2.15. The Morgan fingerprint density at radius 3 is 1.05 bits per heavy atom. The molecule has 0 bridgehead atoms. The average Bonchev–Trinajstić information content (AvgIpc) is 3.21. The highest BCUT2D eigenvalue weighted by molar-refractivity contribution is 5.69. The van der Waals surface area contributed by atoms with Gasteiger partial charge in [0.1, 0.15) is 6.10 Å². The monoisotopic (exact) mass is 803 g/mol. The van der Waals surface area contributed by atoms with E-state index in [1.54, 1.807) is 0 Å². The summed E-state index contributed by atoms with van der Waals surface area (Å²) >= 11 is 0. The normalized spacial score (nSPS) is 11.9. The molecule has 0 radical (unpaired) electrons. The molecule has 0 atom stereocenters. The highest BCUT2D eigenvalue weighted by atomic mass is 16.6. The number of hydrogen-bond acceptors (Lipinski definition) is 4. The van der Waals surface area contributed by atoms with Gasteiger partial charge in [0.05, 0.1) is 13.2 Å². The molecule has 4 heteroatoms. The van der Waals surface area contributed by atoms with Crippen LogP contribution in [0, 0.1) is 0 Å². The van der Waals surface area contributed by atoms with Crippen LogP contribution in [0.4, 0.5) is 0 Å². The first-order valence-corrected chi connectivity index (χ1v) is 25.9. The molecule has 57 heavy (non-hydrogen) atoms. The molecule has 0 heterocycles. The molecule has 0 aliphatic heterocycles. The van der Waals surface area contributed by atoms with Crippen LogP contribution in [0.3, 0.4) is 0 Å². The number of hydrogen-bond donors (Lipinski definition) is 0. The van der Waals surface area contributed by atoms with E-state index in [4.69, 9.17) is 14.2 Å². The molecule has 0 aliphatic rings. The van der Waals surface area contributed by atoms with Crippen LogP contribution in [0.2, 0.25) is 0 Å². The molecule has 0 spiro atoms. The summed E-state index contributed by atoms with van der Waals surface area (Å²) in [6.45, 7) is 9.23. The van der Waals surface area contributed by atoms with Crippen LogP contribution in [0.25, 0.3) is 0 Å². The van der Waals surface area contributed by atoms with Crippen LogP contribution in [0.15, 0.2) is 24.3 Å². The molecule has 0 aliphatic carbocycles. The fourth-order valence-electron chi connectivity index (χ4n) is 7.67. The second-order valence-electron chi connectivity index (χ2n) is 17.4. The van der Waals surface area contributed by atoms with Crippen molar-refractivity contribution >= 4 is 5.97 Å². The fraction of sp³-hybridized carbons (Fsp3) is 0.906. The average molecular weight is 803 g/mol. The molecule has 0 fully saturated rings. The van der Waals surface area contributed by atoms with Gasteiger partial charge in [-0.15, -0.1) is 0 Å². The Morgan fingerprint density at radius 1 is 0.368 bits per heavy atom. The second-order valence-corrected chi connectivity index (χ2v) is 17.4. The Labute approximate surface area is 358 Å². The third-order valence-electron chi connectivity index (χ3n) is 11.5. The SMILES string of the molecule is CCCCC/C=C\C/C=C\CCCCCCCC(=O)OC(COCCCCCCCCCCCCCCCC)COCCCCCCCCCCCCCCCC. The molecule has 0 aromatic heterocycles. The van der Waals surface area contributed by atoms with Gasteiger partial charge in [-0.2, -0.15) is 0 Å². The molecule has 0 aromatic rings. The van der Waals surface area contributed by atoms with Crippen LogP contribution < -0.4 is 0 Å². The van der Waals surface area contributed by atoms with Gasteiger partial charge in [0, 0.05) is 19.6 Å². The van der Waals surface area contributed by atoms with Gasteiger partial charge in [0.2, 0.25) is 0 Å². The topological polar surface area (TPSA) is 44.8 Å². The van der Waals surface area contributed by atoms with Gasteiger partial charge in [0.25, 0.3) is 0 Å². The van der Waals surface area contributed by atoms with Crippen LogP contribution in [0.1, 0.15) is 278 Å². The molecule has 0 unspecified atom stereocenters. The minimum atomic E-state index is -0.297. The predicted octanol–water partition coefficient (Wildman–Crippen LogP) is 17.7. The van der Waals surface area contributed by atoms with E-state index in [2.05, 4.69) is 45.1 Å². The Bertz CT molecular complexity index is 771. The van der Waals surface area contributed by atoms with Crippen molar-refractivity contribution in [3.05, 3.63) is 24.3 Å². The zero-order valence-electron chi connectivity index (χ0n) is 39.1. The van der Waals surface area contributed by atoms with Gasteiger partial charge in [-0.25, -0.2) is 0 Å². The Balaban J connectivity index is 4.13. The summed E-state index contributed by atoms with van der Waals surface area (Å²) in [4.78, 5) is 12.8. The fourth-order valence-corrected chi connectivity index (χ4v) is 7.67. The van der Waals surface area contributed by atoms with Crippen molar-refractivity contribution < 1.29 is 19.0 Å². The van der Waals surface area contributed by atoms with E-state index in [1.807, 2.05) is 0 Å². The van der Waals surface area contributed by atoms with Gasteiger partial charge >= 0.3 is 5.97 Å². The Morgan fingerprint density at radius 2 is 0.667 bits per heavy atom. The summed E-state index contributed by atoms with van der Waals surface area (Å²) in [6, 6.07) is 0. The number of carbonyl (C=O) groups is 1. The van der Waals surface area contributed by atoms with E-state index in [1.165, 1.54) is 212 Å². The minimum absolute atomic E-state index is 0.0918. The Hall–Kier alpha value is -1.13. The van der Waals surface area contributed by atoms with Crippen molar-refractivity contribution in [2.75, 3.05) is 26.4 Å². The third-order valence-corrected chi connectivity index (χ3v) is 11.5. The molecular formula is C53H102O4. The number of carbonyl (C=O) groups excluding carboxylic acids is 1. The number of ether oxygens (including phenoxy) is 3. The van der Waals surface area contributed by atoms with Gasteiger partial charge in [0.15, 0.2) is 0 Å². The molecule has 0 rings (SSSR count). The molecular weight excluding hydrogens is 701 g/mol. The number of rotatable bonds is 49. The summed E-state index contributed by atoms with van der Waals surface area (Å²) in [5, 5.41) is 0. The van der Waals surface area contributed by atoms with Gasteiger partial charge < -0.3 is 14.2 Å². The molecule has 0 saturated carbocycles. The number of unbranched alkanes of at least 4 members (excludes halogenated alkanes) is 34. The van der Waals surface area contributed by atoms with Crippen LogP contribution >= 0.6 is 0 Å². The highest BCUT2D eigenvalue weighted by Crippen LogP contribution is 2.15. The summed E-state index contributed by atoms with van der Waals surface area (Å²) < 4.78 is 18.0. The lowest BCUT2D eigenvalue weighted by molar-refractivity contribution is -0.156. The molecule has 0 amide bonds. The van der Waals surface area contributed by atoms with Gasteiger partial charge in [-0.3, -0.25) is 4.79 Å². The number of allylic oxidation sites excluding steroid dienone is 4. The van der Waals surface area contributed by atoms with E-state index in [-0.39, 0.29) is 12.1 Å². The maximum Gasteiger partial charge on any atom is 0.306 e. The Kier molecular flexibility index (Phi) is 50.0. The first-order valence-electron chi connectivity index (χ1n) is 25.9. The van der Waals surface area contributed by atoms with E-state index >= 15 is 0 Å². The van der Waals surface area contributed by atoms with E-state index in [9.17, 15) is 4.79 Å². The first kappa shape index (κ1) is 55.9. The van der Waals surface area contributed by atoms with Crippen molar-refractivity contribution in [3.8, 4) is 0 Å². The lowest BCUT2D eigenvalue weighted by Crippen LogP contribution is -2.29. The predicted molar refractivity (Wildman–Crippen MR) is 251 cm³/mol. The number of esters is 1. The quantitative estimate of drug-likeness (QED) is 0.0349. The van der Waals surface area contributed by atoms with Crippen molar-refractivity contribution in [2.45, 2.75) is 284 Å². The van der Waals surface area contributed by atoms with Crippen molar-refractivity contribution in [1.82, 2.24) is 0 Å². The van der Waals surface area contributed by atoms with Gasteiger partial charge in [-0.05, 0) is 51.4 Å². The summed E-state index contributed by atoms with van der Waals surface area (Å²) in [5.41, 5.74) is 0. The minimum Gasteiger partial charge on any atom is -0.457 e. The lowest BCUT2D eigenvalue weighted by atomic mass is 10.0. The van der Waals surface area contributed by atoms with Crippen molar-refractivity contribution in [3.63, 3.8) is 0 Å². The zero-order chi connectivity index (χ0) is 41.2. The molecule has 0 aromatic carbocycles. The largest absolute Gasteiger partial charge is 0.457 e. The molecule has 338 valence electrons. The van der Waals surface area contributed by atoms with Crippen LogP contribution in [-0.4, -0.2) is 38.5 Å². The maximum atomic E-state index is 12.8. The third kappa shape index (κ3) is 49.1. The summed E-state index contributed by atoms with van der Waals surface area (Å²) in [7, 11) is 0. The van der Waals surface area contributed by atoms with Crippen LogP contribution in [0.5, 0.6) is 0 Å². The van der Waals surface area contributed by atoms with E-state index in [0.29, 0.717) is 19.6 Å². The molecule has 0 saturated heterocycles. The maximum absolute atomic E-state index is 12.8. The summed E-state index contributed by atoms with van der Waals surface area (Å²) in [5.74, 6) is -0.0918. The van der Waals surface area contributed by atoms with E-state index < -0.39 is 0 Å².